The van der Waals surface area contributed by atoms with Gasteiger partial charge in [-0.1, -0.05) is 55.2 Å². The van der Waals surface area contributed by atoms with Gasteiger partial charge in [-0.2, -0.15) is 0 Å². The highest BCUT2D eigenvalue weighted by molar-refractivity contribution is 14.1. The Morgan fingerprint density at radius 1 is 1.14 bits per heavy atom. The zero-order valence-electron chi connectivity index (χ0n) is 10.1. The van der Waals surface area contributed by atoms with Crippen LogP contribution in [0.5, 0.6) is 0 Å². The van der Waals surface area contributed by atoms with Crippen LogP contribution >= 0.6 is 22.6 Å². The maximum absolute atomic E-state index is 5.88. The molecule has 14 heavy (non-hydrogen) atoms. The molecule has 0 heterocycles. The zero-order valence-corrected chi connectivity index (χ0v) is 13.3. The standard InChI is InChI=1S/C11H25IOSi/c1-5-6-7-8-9-11(12)10-13-14(2,3)4/h11H,5-10H2,1-4H3. The summed E-state index contributed by atoms with van der Waals surface area (Å²) in [6, 6.07) is 0. The predicted molar refractivity (Wildman–Crippen MR) is 75.9 cm³/mol. The van der Waals surface area contributed by atoms with Crippen LogP contribution in [-0.4, -0.2) is 18.8 Å². The molecule has 0 aromatic carbocycles. The molecule has 0 fully saturated rings. The molecular formula is C11H25IOSi. The number of unbranched alkanes of at least 4 members (excludes halogenated alkanes) is 3. The number of hydrogen-bond donors (Lipinski definition) is 0. The molecule has 0 saturated heterocycles. The zero-order chi connectivity index (χ0) is 11.0. The molecule has 3 heteroatoms. The van der Waals surface area contributed by atoms with Gasteiger partial charge >= 0.3 is 0 Å². The molecule has 0 aromatic heterocycles. The van der Waals surface area contributed by atoms with Gasteiger partial charge in [-0.15, -0.1) is 0 Å². The third kappa shape index (κ3) is 11.0. The second-order valence-corrected chi connectivity index (χ2v) is 11.1. The fourth-order valence-corrected chi connectivity index (χ4v) is 2.88. The maximum Gasteiger partial charge on any atom is 0.183 e. The van der Waals surface area contributed by atoms with Crippen molar-refractivity contribution in [2.75, 3.05) is 6.61 Å². The molecule has 0 aliphatic carbocycles. The molecule has 0 saturated carbocycles. The van der Waals surface area contributed by atoms with Crippen LogP contribution in [0.3, 0.4) is 0 Å². The third-order valence-corrected chi connectivity index (χ3v) is 4.08. The van der Waals surface area contributed by atoms with Crippen molar-refractivity contribution in [3.63, 3.8) is 0 Å². The molecule has 0 amide bonds. The Labute approximate surface area is 104 Å². The first-order valence-electron chi connectivity index (χ1n) is 5.73. The Morgan fingerprint density at radius 2 is 1.79 bits per heavy atom. The van der Waals surface area contributed by atoms with Crippen LogP contribution in [0.1, 0.15) is 39.0 Å². The lowest BCUT2D eigenvalue weighted by molar-refractivity contribution is 0.309. The van der Waals surface area contributed by atoms with Crippen LogP contribution in [0.25, 0.3) is 0 Å². The second kappa shape index (κ2) is 8.10. The first-order chi connectivity index (χ1) is 6.45. The SMILES string of the molecule is CCCCCCC(I)CO[Si](C)(C)C. The van der Waals surface area contributed by atoms with E-state index >= 15 is 0 Å². The minimum absolute atomic E-state index is 0.719. The molecular weight excluding hydrogens is 303 g/mol. The molecule has 0 rings (SSSR count). The van der Waals surface area contributed by atoms with E-state index in [1.165, 1.54) is 32.1 Å². The summed E-state index contributed by atoms with van der Waals surface area (Å²) in [4.78, 5) is 0. The summed E-state index contributed by atoms with van der Waals surface area (Å²) in [5, 5.41) is 0. The molecule has 1 atom stereocenters. The van der Waals surface area contributed by atoms with Crippen molar-refractivity contribution in [1.29, 1.82) is 0 Å². The second-order valence-electron chi connectivity index (χ2n) is 4.87. The molecule has 0 aromatic rings. The van der Waals surface area contributed by atoms with Crippen LogP contribution in [0.4, 0.5) is 0 Å². The van der Waals surface area contributed by atoms with Crippen molar-refractivity contribution in [2.45, 2.75) is 62.6 Å². The topological polar surface area (TPSA) is 9.23 Å². The van der Waals surface area contributed by atoms with Gasteiger partial charge in [-0.3, -0.25) is 0 Å². The lowest BCUT2D eigenvalue weighted by Gasteiger charge is -2.19. The smallest absolute Gasteiger partial charge is 0.183 e. The molecule has 0 spiro atoms. The van der Waals surface area contributed by atoms with E-state index in [4.69, 9.17) is 4.43 Å². The Balaban J connectivity index is 3.32. The van der Waals surface area contributed by atoms with Crippen molar-refractivity contribution >= 4 is 30.9 Å². The Morgan fingerprint density at radius 3 is 2.29 bits per heavy atom. The van der Waals surface area contributed by atoms with Gasteiger partial charge in [-0.05, 0) is 26.1 Å². The summed E-state index contributed by atoms with van der Waals surface area (Å²) >= 11 is 2.53. The minimum Gasteiger partial charge on any atom is -0.417 e. The van der Waals surface area contributed by atoms with Crippen molar-refractivity contribution < 1.29 is 4.43 Å². The summed E-state index contributed by atoms with van der Waals surface area (Å²) in [7, 11) is -1.28. The lowest BCUT2D eigenvalue weighted by Crippen LogP contribution is -2.28. The van der Waals surface area contributed by atoms with E-state index in [1.54, 1.807) is 0 Å². The third-order valence-electron chi connectivity index (χ3n) is 2.07. The largest absolute Gasteiger partial charge is 0.417 e. The summed E-state index contributed by atoms with van der Waals surface area (Å²) in [5.41, 5.74) is 0. The maximum atomic E-state index is 5.88. The molecule has 1 nitrogen and oxygen atoms in total. The van der Waals surface area contributed by atoms with Crippen LogP contribution < -0.4 is 0 Å². The predicted octanol–water partition coefficient (Wildman–Crippen LogP) is 4.61. The normalized spacial score (nSPS) is 14.4. The molecule has 0 N–H and O–H groups in total. The minimum atomic E-state index is -1.28. The van der Waals surface area contributed by atoms with E-state index in [1.807, 2.05) is 0 Å². The van der Waals surface area contributed by atoms with Gasteiger partial charge in [0.05, 0.1) is 0 Å². The van der Waals surface area contributed by atoms with E-state index in [-0.39, 0.29) is 0 Å². The highest BCUT2D eigenvalue weighted by atomic mass is 127. The lowest BCUT2D eigenvalue weighted by atomic mass is 10.1. The van der Waals surface area contributed by atoms with Crippen LogP contribution in [0.2, 0.25) is 19.6 Å². The average Bonchev–Trinajstić information content (AvgIpc) is 2.08. The van der Waals surface area contributed by atoms with Crippen molar-refractivity contribution in [3.05, 3.63) is 0 Å². The molecule has 0 aliphatic heterocycles. The van der Waals surface area contributed by atoms with Crippen molar-refractivity contribution in [3.8, 4) is 0 Å². The summed E-state index contributed by atoms with van der Waals surface area (Å²) in [6.07, 6.45) is 6.81. The van der Waals surface area contributed by atoms with E-state index in [2.05, 4.69) is 49.2 Å². The average molecular weight is 328 g/mol. The number of halogens is 1. The van der Waals surface area contributed by atoms with Crippen LogP contribution in [0.15, 0.2) is 0 Å². The van der Waals surface area contributed by atoms with Gasteiger partial charge in [0.25, 0.3) is 0 Å². The van der Waals surface area contributed by atoms with E-state index < -0.39 is 8.32 Å². The highest BCUT2D eigenvalue weighted by Crippen LogP contribution is 2.15. The fraction of sp³-hybridized carbons (Fsp3) is 1.00. The number of rotatable bonds is 8. The Kier molecular flexibility index (Phi) is 8.63. The van der Waals surface area contributed by atoms with Gasteiger partial charge in [0.2, 0.25) is 0 Å². The molecule has 1 unspecified atom stereocenters. The van der Waals surface area contributed by atoms with E-state index in [0.717, 1.165) is 10.5 Å². The summed E-state index contributed by atoms with van der Waals surface area (Å²) in [5.74, 6) is 0. The van der Waals surface area contributed by atoms with Gasteiger partial charge < -0.3 is 4.43 Å². The fourth-order valence-electron chi connectivity index (χ4n) is 1.22. The first-order valence-corrected chi connectivity index (χ1v) is 10.4. The molecule has 0 radical (unpaired) electrons. The van der Waals surface area contributed by atoms with Crippen LogP contribution in [0, 0.1) is 0 Å². The quantitative estimate of drug-likeness (QED) is 0.274. The van der Waals surface area contributed by atoms with Gasteiger partial charge in [-0.25, -0.2) is 0 Å². The van der Waals surface area contributed by atoms with Crippen molar-refractivity contribution in [2.24, 2.45) is 0 Å². The molecule has 0 bridgehead atoms. The number of hydrogen-bond acceptors (Lipinski definition) is 1. The first kappa shape index (κ1) is 14.9. The summed E-state index contributed by atoms with van der Waals surface area (Å²) in [6.45, 7) is 9.99. The Hall–Kier alpha value is 0.907. The van der Waals surface area contributed by atoms with Gasteiger partial charge in [0, 0.05) is 10.5 Å². The van der Waals surface area contributed by atoms with E-state index in [9.17, 15) is 0 Å². The van der Waals surface area contributed by atoms with Crippen molar-refractivity contribution in [1.82, 2.24) is 0 Å². The monoisotopic (exact) mass is 328 g/mol. The Bertz CT molecular complexity index is 134. The summed E-state index contributed by atoms with van der Waals surface area (Å²) < 4.78 is 6.60. The highest BCUT2D eigenvalue weighted by Gasteiger charge is 2.15. The molecule has 0 aliphatic rings. The number of alkyl halides is 1. The van der Waals surface area contributed by atoms with Gasteiger partial charge in [0.15, 0.2) is 8.32 Å². The van der Waals surface area contributed by atoms with E-state index in [0.29, 0.717) is 0 Å². The van der Waals surface area contributed by atoms with Crippen LogP contribution in [-0.2, 0) is 4.43 Å². The van der Waals surface area contributed by atoms with Gasteiger partial charge in [0.1, 0.15) is 0 Å². The molecule has 86 valence electrons.